The maximum Gasteiger partial charge on any atom is 0.278 e. The van der Waals surface area contributed by atoms with E-state index in [1.165, 1.54) is 4.80 Å². The molecule has 0 bridgehead atoms. The third kappa shape index (κ3) is 4.86. The second-order valence-electron chi connectivity index (χ2n) is 5.95. The zero-order valence-electron chi connectivity index (χ0n) is 15.1. The van der Waals surface area contributed by atoms with Gasteiger partial charge in [-0.05, 0) is 49.4 Å². The fourth-order valence-electron chi connectivity index (χ4n) is 2.40. The molecule has 0 aliphatic carbocycles. The van der Waals surface area contributed by atoms with Crippen LogP contribution in [0.25, 0.3) is 5.69 Å². The summed E-state index contributed by atoms with van der Waals surface area (Å²) in [4.78, 5) is 24.6. The predicted molar refractivity (Wildman–Crippen MR) is 105 cm³/mol. The number of ether oxygens (including phenoxy) is 1. The number of halogens is 1. The lowest BCUT2D eigenvalue weighted by Gasteiger charge is -2.07. The van der Waals surface area contributed by atoms with Gasteiger partial charge in [-0.3, -0.25) is 9.59 Å². The fourth-order valence-corrected chi connectivity index (χ4v) is 2.58. The van der Waals surface area contributed by atoms with Crippen LogP contribution in [0.15, 0.2) is 48.5 Å². The molecule has 2 aromatic carbocycles. The summed E-state index contributed by atoms with van der Waals surface area (Å²) < 4.78 is 5.39. The number of carbonyl (C=O) groups is 2. The van der Waals surface area contributed by atoms with Crippen LogP contribution in [0.2, 0.25) is 5.02 Å². The van der Waals surface area contributed by atoms with Gasteiger partial charge in [0.25, 0.3) is 5.91 Å². The molecule has 0 unspecified atom stereocenters. The number of aromatic nitrogens is 3. The number of anilines is 1. The molecule has 8 nitrogen and oxygen atoms in total. The van der Waals surface area contributed by atoms with E-state index in [0.717, 1.165) is 0 Å². The lowest BCUT2D eigenvalue weighted by molar-refractivity contribution is -0.118. The van der Waals surface area contributed by atoms with Gasteiger partial charge < -0.3 is 15.8 Å². The van der Waals surface area contributed by atoms with Gasteiger partial charge in [-0.2, -0.15) is 9.90 Å². The molecule has 3 N–H and O–H groups in total. The standard InChI is InChI=1S/C19H18ClN5O3/c1-12-18(24-25(23-12)15-4-2-3-13(20)11-15)19(27)22-14-5-7-16(8-6-14)28-10-9-17(21)26/h2-8,11H,9-10H2,1H3,(H2,21,26)(H,22,27). The topological polar surface area (TPSA) is 112 Å². The number of hydrogen-bond donors (Lipinski definition) is 2. The Kier molecular flexibility index (Phi) is 5.90. The largest absolute Gasteiger partial charge is 0.493 e. The normalized spacial score (nSPS) is 10.5. The van der Waals surface area contributed by atoms with E-state index in [1.54, 1.807) is 55.5 Å². The number of aryl methyl sites for hydroxylation is 1. The van der Waals surface area contributed by atoms with Crippen LogP contribution >= 0.6 is 11.6 Å². The van der Waals surface area contributed by atoms with E-state index in [9.17, 15) is 9.59 Å². The molecule has 0 saturated carbocycles. The van der Waals surface area contributed by atoms with Gasteiger partial charge in [-0.1, -0.05) is 17.7 Å². The van der Waals surface area contributed by atoms with E-state index in [4.69, 9.17) is 22.1 Å². The van der Waals surface area contributed by atoms with Crippen LogP contribution in [-0.2, 0) is 4.79 Å². The SMILES string of the molecule is Cc1nn(-c2cccc(Cl)c2)nc1C(=O)Nc1ccc(OCCC(N)=O)cc1. The van der Waals surface area contributed by atoms with Gasteiger partial charge in [0.1, 0.15) is 5.75 Å². The van der Waals surface area contributed by atoms with Crippen molar-refractivity contribution in [2.24, 2.45) is 5.73 Å². The van der Waals surface area contributed by atoms with Crippen molar-refractivity contribution in [2.45, 2.75) is 13.3 Å². The number of benzene rings is 2. The van der Waals surface area contributed by atoms with Crippen molar-refractivity contribution in [1.82, 2.24) is 15.0 Å². The Morgan fingerprint density at radius 1 is 1.18 bits per heavy atom. The Morgan fingerprint density at radius 2 is 1.93 bits per heavy atom. The smallest absolute Gasteiger partial charge is 0.278 e. The Hall–Kier alpha value is -3.39. The van der Waals surface area contributed by atoms with Crippen LogP contribution in [0.1, 0.15) is 22.6 Å². The Morgan fingerprint density at radius 3 is 2.61 bits per heavy atom. The lowest BCUT2D eigenvalue weighted by atomic mass is 10.2. The molecule has 3 rings (SSSR count). The van der Waals surface area contributed by atoms with Crippen molar-refractivity contribution in [3.8, 4) is 11.4 Å². The first kappa shape index (κ1) is 19.4. The summed E-state index contributed by atoms with van der Waals surface area (Å²) in [6, 6.07) is 13.8. The van der Waals surface area contributed by atoms with E-state index >= 15 is 0 Å². The second-order valence-corrected chi connectivity index (χ2v) is 6.38. The number of hydrogen-bond acceptors (Lipinski definition) is 5. The molecule has 2 amide bonds. The Balaban J connectivity index is 1.67. The number of amides is 2. The van der Waals surface area contributed by atoms with Crippen LogP contribution in [0.4, 0.5) is 5.69 Å². The van der Waals surface area contributed by atoms with Crippen molar-refractivity contribution in [2.75, 3.05) is 11.9 Å². The molecular formula is C19H18ClN5O3. The number of rotatable bonds is 7. The van der Waals surface area contributed by atoms with Gasteiger partial charge in [-0.25, -0.2) is 0 Å². The predicted octanol–water partition coefficient (Wildman–Crippen LogP) is 2.74. The molecule has 0 atom stereocenters. The molecule has 1 aromatic heterocycles. The van der Waals surface area contributed by atoms with Crippen molar-refractivity contribution in [3.05, 3.63) is 64.9 Å². The summed E-state index contributed by atoms with van der Waals surface area (Å²) in [5.41, 5.74) is 7.00. The van der Waals surface area contributed by atoms with Gasteiger partial charge >= 0.3 is 0 Å². The first-order valence-electron chi connectivity index (χ1n) is 8.45. The molecule has 144 valence electrons. The Labute approximate surface area is 166 Å². The average molecular weight is 400 g/mol. The number of carbonyl (C=O) groups excluding carboxylic acids is 2. The second kappa shape index (κ2) is 8.53. The molecule has 9 heteroatoms. The molecule has 0 fully saturated rings. The lowest BCUT2D eigenvalue weighted by Crippen LogP contribution is -2.15. The summed E-state index contributed by atoms with van der Waals surface area (Å²) in [5, 5.41) is 11.9. The molecule has 3 aromatic rings. The highest BCUT2D eigenvalue weighted by Crippen LogP contribution is 2.18. The number of nitrogens with zero attached hydrogens (tertiary/aromatic N) is 3. The maximum atomic E-state index is 12.5. The van der Waals surface area contributed by atoms with Crippen molar-refractivity contribution in [1.29, 1.82) is 0 Å². The molecule has 1 heterocycles. The third-order valence-electron chi connectivity index (χ3n) is 3.77. The fraction of sp³-hybridized carbons (Fsp3) is 0.158. The van der Waals surface area contributed by atoms with Crippen molar-refractivity contribution < 1.29 is 14.3 Å². The third-order valence-corrected chi connectivity index (χ3v) is 4.00. The summed E-state index contributed by atoms with van der Waals surface area (Å²) in [7, 11) is 0. The number of nitrogens with two attached hydrogens (primary N) is 1. The van der Waals surface area contributed by atoms with Crippen LogP contribution < -0.4 is 15.8 Å². The number of nitrogens with one attached hydrogen (secondary N) is 1. The minimum Gasteiger partial charge on any atom is -0.493 e. The minimum absolute atomic E-state index is 0.139. The summed E-state index contributed by atoms with van der Waals surface area (Å²) >= 11 is 5.99. The molecule has 0 aliphatic heterocycles. The molecule has 0 aliphatic rings. The maximum absolute atomic E-state index is 12.5. The van der Waals surface area contributed by atoms with E-state index in [-0.39, 0.29) is 24.6 Å². The number of primary amides is 1. The van der Waals surface area contributed by atoms with E-state index in [1.807, 2.05) is 0 Å². The molecule has 0 spiro atoms. The summed E-state index contributed by atoms with van der Waals surface area (Å²) in [5.74, 6) is -0.236. The van der Waals surface area contributed by atoms with E-state index < -0.39 is 5.91 Å². The Bertz CT molecular complexity index is 1000. The average Bonchev–Trinajstić information content (AvgIpc) is 3.05. The first-order chi connectivity index (χ1) is 13.4. The van der Waals surface area contributed by atoms with Crippen molar-refractivity contribution in [3.63, 3.8) is 0 Å². The van der Waals surface area contributed by atoms with Gasteiger partial charge in [0.05, 0.1) is 24.4 Å². The van der Waals surface area contributed by atoms with Crippen LogP contribution in [-0.4, -0.2) is 33.4 Å². The van der Waals surface area contributed by atoms with Crippen molar-refractivity contribution >= 4 is 29.1 Å². The van der Waals surface area contributed by atoms with Crippen LogP contribution in [0.5, 0.6) is 5.75 Å². The molecule has 28 heavy (non-hydrogen) atoms. The summed E-state index contributed by atoms with van der Waals surface area (Å²) in [6.07, 6.45) is 0.139. The zero-order chi connectivity index (χ0) is 20.1. The quantitative estimate of drug-likeness (QED) is 0.634. The van der Waals surface area contributed by atoms with E-state index in [2.05, 4.69) is 15.5 Å². The van der Waals surface area contributed by atoms with E-state index in [0.29, 0.717) is 27.8 Å². The summed E-state index contributed by atoms with van der Waals surface area (Å²) in [6.45, 7) is 1.91. The van der Waals surface area contributed by atoms with Gasteiger partial charge in [-0.15, -0.1) is 5.10 Å². The van der Waals surface area contributed by atoms with Gasteiger partial charge in [0.15, 0.2) is 5.69 Å². The zero-order valence-corrected chi connectivity index (χ0v) is 15.8. The van der Waals surface area contributed by atoms with Gasteiger partial charge in [0.2, 0.25) is 5.91 Å². The van der Waals surface area contributed by atoms with Crippen LogP contribution in [0.3, 0.4) is 0 Å². The molecule has 0 radical (unpaired) electrons. The monoisotopic (exact) mass is 399 g/mol. The first-order valence-corrected chi connectivity index (χ1v) is 8.82. The minimum atomic E-state index is -0.426. The molecule has 0 saturated heterocycles. The van der Waals surface area contributed by atoms with Gasteiger partial charge in [0, 0.05) is 10.7 Å². The molecular weight excluding hydrogens is 382 g/mol. The highest BCUT2D eigenvalue weighted by atomic mass is 35.5. The highest BCUT2D eigenvalue weighted by Gasteiger charge is 2.16. The highest BCUT2D eigenvalue weighted by molar-refractivity contribution is 6.30. The van der Waals surface area contributed by atoms with Crippen LogP contribution in [0, 0.1) is 6.92 Å².